The summed E-state index contributed by atoms with van der Waals surface area (Å²) >= 11 is 1.29. The Labute approximate surface area is 226 Å². The van der Waals surface area contributed by atoms with Gasteiger partial charge in [0.05, 0.1) is 35.6 Å². The lowest BCUT2D eigenvalue weighted by Gasteiger charge is -2.24. The number of rotatable bonds is 11. The topological polar surface area (TPSA) is 79.1 Å². The Morgan fingerprint density at radius 1 is 1.11 bits per heavy atom. The Morgan fingerprint density at radius 2 is 1.82 bits per heavy atom. The largest absolute Gasteiger partial charge is 0.497 e. The normalized spacial score (nSPS) is 15.0. The van der Waals surface area contributed by atoms with E-state index in [1.54, 1.807) is 30.7 Å². The first-order valence-corrected chi connectivity index (χ1v) is 13.5. The second kappa shape index (κ2) is 12.6. The molecule has 7 nitrogen and oxygen atoms in total. The summed E-state index contributed by atoms with van der Waals surface area (Å²) in [7, 11) is 1.59. The van der Waals surface area contributed by atoms with Gasteiger partial charge in [0.25, 0.3) is 5.56 Å². The number of carbonyl (C=O) groups excluding carboxylic acids is 1. The predicted octanol–water partition coefficient (Wildman–Crippen LogP) is 4.54. The minimum Gasteiger partial charge on any atom is -0.497 e. The van der Waals surface area contributed by atoms with E-state index in [-0.39, 0.29) is 12.2 Å². The van der Waals surface area contributed by atoms with Crippen molar-refractivity contribution in [3.8, 4) is 11.5 Å². The molecule has 0 fully saturated rings. The molecular weight excluding hydrogens is 500 g/mol. The maximum absolute atomic E-state index is 13.7. The number of ether oxygens (including phenoxy) is 3. The Hall–Kier alpha value is -3.91. The van der Waals surface area contributed by atoms with Gasteiger partial charge in [0.15, 0.2) is 4.80 Å². The zero-order valence-corrected chi connectivity index (χ0v) is 22.8. The fourth-order valence-corrected chi connectivity index (χ4v) is 5.30. The fraction of sp³-hybridized carbons (Fsp3) is 0.300. The van der Waals surface area contributed by atoms with Crippen LogP contribution in [0.25, 0.3) is 6.08 Å². The molecule has 4 rings (SSSR count). The van der Waals surface area contributed by atoms with Crippen LogP contribution in [0.15, 0.2) is 82.2 Å². The van der Waals surface area contributed by atoms with Gasteiger partial charge >= 0.3 is 5.97 Å². The standard InChI is InChI=1S/C30H32N2O5S/c1-5-7-8-18-36-24-13-9-21(10-14-24)19-25-28(33)32-27(22-11-15-23(35-4)16-12-22)26(29(34)37-17-6-2)20(3)31-30(32)38-25/h6,9-16,19,27H,2,5,7-8,17-18H2,1,3-4H3/b25-19+. The lowest BCUT2D eigenvalue weighted by molar-refractivity contribution is -0.138. The van der Waals surface area contributed by atoms with E-state index in [1.807, 2.05) is 42.5 Å². The first-order chi connectivity index (χ1) is 18.5. The highest BCUT2D eigenvalue weighted by atomic mass is 32.1. The Morgan fingerprint density at radius 3 is 2.47 bits per heavy atom. The average molecular weight is 533 g/mol. The van der Waals surface area contributed by atoms with E-state index in [1.165, 1.54) is 17.4 Å². The van der Waals surface area contributed by atoms with Crippen LogP contribution in [0, 0.1) is 0 Å². The van der Waals surface area contributed by atoms with Gasteiger partial charge in [0.2, 0.25) is 0 Å². The molecule has 3 aromatic rings. The smallest absolute Gasteiger partial charge is 0.338 e. The van der Waals surface area contributed by atoms with Crippen molar-refractivity contribution in [2.75, 3.05) is 20.3 Å². The van der Waals surface area contributed by atoms with Gasteiger partial charge in [-0.3, -0.25) is 9.36 Å². The SMILES string of the molecule is C=CCOC(=O)C1=C(C)N=c2s/c(=C/c3ccc(OCCCCC)cc3)c(=O)n2C1c1ccc(OC)cc1. The summed E-state index contributed by atoms with van der Waals surface area (Å²) < 4.78 is 18.6. The number of esters is 1. The number of hydrogen-bond acceptors (Lipinski definition) is 7. The van der Waals surface area contributed by atoms with Crippen LogP contribution >= 0.6 is 11.3 Å². The number of fused-ring (bicyclic) bond motifs is 1. The van der Waals surface area contributed by atoms with E-state index in [2.05, 4.69) is 18.5 Å². The molecule has 0 spiro atoms. The lowest BCUT2D eigenvalue weighted by atomic mass is 9.96. The molecule has 1 aliphatic rings. The summed E-state index contributed by atoms with van der Waals surface area (Å²) in [6.45, 7) is 8.29. The summed E-state index contributed by atoms with van der Waals surface area (Å²) in [4.78, 5) is 32.0. The molecule has 0 bridgehead atoms. The molecule has 38 heavy (non-hydrogen) atoms. The number of nitrogens with zero attached hydrogens (tertiary/aromatic N) is 2. The summed E-state index contributed by atoms with van der Waals surface area (Å²) in [6.07, 6.45) is 6.66. The van der Waals surface area contributed by atoms with Crippen molar-refractivity contribution in [1.29, 1.82) is 0 Å². The van der Waals surface area contributed by atoms with Gasteiger partial charge in [-0.25, -0.2) is 9.79 Å². The highest BCUT2D eigenvalue weighted by molar-refractivity contribution is 7.07. The van der Waals surface area contributed by atoms with Crippen LogP contribution in [0.5, 0.6) is 11.5 Å². The molecule has 0 aliphatic carbocycles. The van der Waals surface area contributed by atoms with E-state index in [0.29, 0.717) is 33.0 Å². The molecule has 1 unspecified atom stereocenters. The number of allylic oxidation sites excluding steroid dienone is 1. The van der Waals surface area contributed by atoms with Crippen molar-refractivity contribution in [3.05, 3.63) is 103 Å². The van der Waals surface area contributed by atoms with Gasteiger partial charge in [0, 0.05) is 0 Å². The molecule has 0 amide bonds. The average Bonchev–Trinajstić information content (AvgIpc) is 3.23. The quantitative estimate of drug-likeness (QED) is 0.206. The molecule has 1 atom stereocenters. The van der Waals surface area contributed by atoms with E-state index in [4.69, 9.17) is 14.2 Å². The molecule has 8 heteroatoms. The second-order valence-electron chi connectivity index (χ2n) is 8.87. The van der Waals surface area contributed by atoms with Gasteiger partial charge in [-0.2, -0.15) is 0 Å². The highest BCUT2D eigenvalue weighted by Crippen LogP contribution is 2.31. The Kier molecular flexibility index (Phi) is 8.97. The van der Waals surface area contributed by atoms with E-state index in [9.17, 15) is 9.59 Å². The molecule has 198 valence electrons. The molecule has 0 radical (unpaired) electrons. The van der Waals surface area contributed by atoms with Crippen LogP contribution in [0.3, 0.4) is 0 Å². The monoisotopic (exact) mass is 532 g/mol. The van der Waals surface area contributed by atoms with Crippen molar-refractivity contribution in [2.24, 2.45) is 4.99 Å². The van der Waals surface area contributed by atoms with Crippen molar-refractivity contribution < 1.29 is 19.0 Å². The molecule has 1 aromatic heterocycles. The number of carbonyl (C=O) groups is 1. The third kappa shape index (κ3) is 5.97. The van der Waals surface area contributed by atoms with E-state index < -0.39 is 12.0 Å². The van der Waals surface area contributed by atoms with Crippen molar-refractivity contribution in [1.82, 2.24) is 4.57 Å². The van der Waals surface area contributed by atoms with Crippen LogP contribution < -0.4 is 24.4 Å². The predicted molar refractivity (Wildman–Crippen MR) is 149 cm³/mol. The van der Waals surface area contributed by atoms with Crippen LogP contribution in [-0.4, -0.2) is 30.9 Å². The zero-order valence-electron chi connectivity index (χ0n) is 21.9. The van der Waals surface area contributed by atoms with Crippen LogP contribution in [0.4, 0.5) is 0 Å². The maximum Gasteiger partial charge on any atom is 0.338 e. The van der Waals surface area contributed by atoms with Crippen LogP contribution in [-0.2, 0) is 9.53 Å². The number of aromatic nitrogens is 1. The summed E-state index contributed by atoms with van der Waals surface area (Å²) in [6, 6.07) is 14.3. The highest BCUT2D eigenvalue weighted by Gasteiger charge is 2.33. The first kappa shape index (κ1) is 27.1. The van der Waals surface area contributed by atoms with Gasteiger partial charge in [-0.15, -0.1) is 0 Å². The summed E-state index contributed by atoms with van der Waals surface area (Å²) in [5.74, 6) is 0.948. The van der Waals surface area contributed by atoms with Crippen LogP contribution in [0.2, 0.25) is 0 Å². The van der Waals surface area contributed by atoms with E-state index in [0.717, 1.165) is 36.1 Å². The first-order valence-electron chi connectivity index (χ1n) is 12.6. The molecule has 1 aliphatic heterocycles. The molecule has 2 heterocycles. The minimum atomic E-state index is -0.685. The summed E-state index contributed by atoms with van der Waals surface area (Å²) in [5, 5.41) is 0. The second-order valence-corrected chi connectivity index (χ2v) is 9.88. The number of benzene rings is 2. The molecule has 0 saturated heterocycles. The third-order valence-corrected chi connectivity index (χ3v) is 7.18. The number of methoxy groups -OCH3 is 1. The van der Waals surface area contributed by atoms with Gasteiger partial charge in [0.1, 0.15) is 18.1 Å². The molecule has 0 N–H and O–H groups in total. The van der Waals surface area contributed by atoms with E-state index >= 15 is 0 Å². The maximum atomic E-state index is 13.7. The molecular formula is C30H32N2O5S. The van der Waals surface area contributed by atoms with Gasteiger partial charge in [-0.1, -0.05) is 68.0 Å². The molecule has 0 saturated carbocycles. The zero-order chi connectivity index (χ0) is 27.1. The minimum absolute atomic E-state index is 0.0632. The van der Waals surface area contributed by atoms with Crippen molar-refractivity contribution >= 4 is 23.4 Å². The van der Waals surface area contributed by atoms with Gasteiger partial charge < -0.3 is 14.2 Å². The van der Waals surface area contributed by atoms with Crippen molar-refractivity contribution in [2.45, 2.75) is 39.2 Å². The summed E-state index contributed by atoms with van der Waals surface area (Å²) in [5.41, 5.74) is 2.23. The number of thiazole rings is 1. The Bertz CT molecular complexity index is 1500. The number of unbranched alkanes of at least 4 members (excludes halogenated alkanes) is 2. The lowest BCUT2D eigenvalue weighted by Crippen LogP contribution is -2.39. The fourth-order valence-electron chi connectivity index (χ4n) is 4.25. The number of hydrogen-bond donors (Lipinski definition) is 0. The third-order valence-electron chi connectivity index (χ3n) is 6.20. The van der Waals surface area contributed by atoms with Crippen LogP contribution in [0.1, 0.15) is 50.3 Å². The Balaban J connectivity index is 1.74. The van der Waals surface area contributed by atoms with Gasteiger partial charge in [-0.05, 0) is 54.8 Å². The molecule has 2 aromatic carbocycles. The van der Waals surface area contributed by atoms with Crippen molar-refractivity contribution in [3.63, 3.8) is 0 Å².